The predicted octanol–water partition coefficient (Wildman–Crippen LogP) is 2.28. The Kier molecular flexibility index (Phi) is 3.28. The van der Waals surface area contributed by atoms with Gasteiger partial charge in [-0.05, 0) is 19.4 Å². The third-order valence-electron chi connectivity index (χ3n) is 2.60. The van der Waals surface area contributed by atoms with Gasteiger partial charge < -0.3 is 9.40 Å². The molecule has 0 aliphatic heterocycles. The molecule has 6 heteroatoms. The van der Waals surface area contributed by atoms with Crippen LogP contribution >= 0.6 is 11.6 Å². The highest BCUT2D eigenvalue weighted by molar-refractivity contribution is 6.17. The maximum atomic E-state index is 10.9. The minimum Gasteiger partial charge on any atom is -0.419 e. The van der Waals surface area contributed by atoms with E-state index >= 15 is 0 Å². The highest BCUT2D eigenvalue weighted by Gasteiger charge is 2.17. The summed E-state index contributed by atoms with van der Waals surface area (Å²) in [4.78, 5) is 14.0. The Morgan fingerprint density at radius 2 is 2.18 bits per heavy atom. The minimum absolute atomic E-state index is 0.388. The van der Waals surface area contributed by atoms with Crippen molar-refractivity contribution in [2.24, 2.45) is 0 Å². The summed E-state index contributed by atoms with van der Waals surface area (Å²) in [7, 11) is 0. The van der Waals surface area contributed by atoms with Crippen molar-refractivity contribution >= 4 is 17.9 Å². The summed E-state index contributed by atoms with van der Waals surface area (Å²) >= 11 is 5.59. The van der Waals surface area contributed by atoms with Gasteiger partial charge >= 0.3 is 0 Å². The van der Waals surface area contributed by atoms with Crippen molar-refractivity contribution in [1.82, 2.24) is 15.2 Å². The first-order valence-corrected chi connectivity index (χ1v) is 5.74. The number of aromatic amines is 1. The van der Waals surface area contributed by atoms with Gasteiger partial charge in [0.05, 0.1) is 0 Å². The number of aldehydes is 1. The second-order valence-corrected chi connectivity index (χ2v) is 4.10. The molecule has 2 aromatic heterocycles. The molecule has 0 radical (unpaired) electrons. The number of H-pyrrole nitrogens is 1. The number of nitrogens with zero attached hydrogens (tertiary/aromatic N) is 2. The molecule has 0 amide bonds. The molecule has 2 rings (SSSR count). The Balaban J connectivity index is 2.42. The Morgan fingerprint density at radius 1 is 1.41 bits per heavy atom. The Hall–Kier alpha value is -1.62. The van der Waals surface area contributed by atoms with Crippen LogP contribution in [0, 0.1) is 13.8 Å². The van der Waals surface area contributed by atoms with Gasteiger partial charge in [0.2, 0.25) is 5.89 Å². The fourth-order valence-electron chi connectivity index (χ4n) is 1.69. The van der Waals surface area contributed by atoms with E-state index in [2.05, 4.69) is 15.2 Å². The monoisotopic (exact) mass is 253 g/mol. The van der Waals surface area contributed by atoms with Crippen LogP contribution in [0.5, 0.6) is 0 Å². The molecule has 0 fully saturated rings. The first-order chi connectivity index (χ1) is 8.17. The number of aryl methyl sites for hydroxylation is 2. The molecule has 0 atom stereocenters. The van der Waals surface area contributed by atoms with E-state index in [0.717, 1.165) is 17.5 Å². The number of halogens is 1. The molecule has 0 saturated heterocycles. The zero-order valence-electron chi connectivity index (χ0n) is 9.58. The van der Waals surface area contributed by atoms with Crippen molar-refractivity contribution in [2.75, 3.05) is 5.88 Å². The Morgan fingerprint density at radius 3 is 2.76 bits per heavy atom. The number of alkyl halides is 1. The van der Waals surface area contributed by atoms with Crippen molar-refractivity contribution in [3.63, 3.8) is 0 Å². The molecule has 0 aromatic carbocycles. The predicted molar refractivity (Wildman–Crippen MR) is 63.4 cm³/mol. The summed E-state index contributed by atoms with van der Waals surface area (Å²) in [6, 6.07) is 0. The molecule has 2 aromatic rings. The number of carbonyl (C=O) groups is 1. The molecule has 0 aliphatic carbocycles. The van der Waals surface area contributed by atoms with E-state index in [-0.39, 0.29) is 0 Å². The molecule has 2 heterocycles. The van der Waals surface area contributed by atoms with Crippen molar-refractivity contribution in [3.8, 4) is 11.6 Å². The van der Waals surface area contributed by atoms with Crippen molar-refractivity contribution in [2.45, 2.75) is 20.3 Å². The SMILES string of the molecule is Cc1[nH]c(-c2nnc(CCCl)o2)c(C)c1C=O. The molecule has 90 valence electrons. The smallest absolute Gasteiger partial charge is 0.264 e. The molecule has 0 aliphatic rings. The van der Waals surface area contributed by atoms with Gasteiger partial charge in [-0.25, -0.2) is 0 Å². The van der Waals surface area contributed by atoms with E-state index < -0.39 is 0 Å². The molecule has 1 N–H and O–H groups in total. The van der Waals surface area contributed by atoms with Gasteiger partial charge in [-0.2, -0.15) is 0 Å². The van der Waals surface area contributed by atoms with E-state index in [9.17, 15) is 4.79 Å². The topological polar surface area (TPSA) is 71.8 Å². The summed E-state index contributed by atoms with van der Waals surface area (Å²) in [6.45, 7) is 3.67. The van der Waals surface area contributed by atoms with E-state index in [0.29, 0.717) is 35.3 Å². The molecule has 0 spiro atoms. The second kappa shape index (κ2) is 4.71. The number of aromatic nitrogens is 3. The van der Waals surface area contributed by atoms with Gasteiger partial charge in [0.25, 0.3) is 5.89 Å². The van der Waals surface area contributed by atoms with Crippen molar-refractivity contribution in [3.05, 3.63) is 22.7 Å². The third kappa shape index (κ3) is 2.10. The van der Waals surface area contributed by atoms with Gasteiger partial charge in [-0.15, -0.1) is 21.8 Å². The lowest BCUT2D eigenvalue weighted by Crippen LogP contribution is -1.84. The van der Waals surface area contributed by atoms with Crippen LogP contribution in [-0.4, -0.2) is 27.3 Å². The van der Waals surface area contributed by atoms with Gasteiger partial charge in [-0.3, -0.25) is 4.79 Å². The minimum atomic E-state index is 0.388. The Labute approximate surface area is 103 Å². The lowest BCUT2D eigenvalue weighted by molar-refractivity contribution is 0.112. The fraction of sp³-hybridized carbons (Fsp3) is 0.364. The number of carbonyl (C=O) groups excluding carboxylic acids is 1. The third-order valence-corrected chi connectivity index (χ3v) is 2.79. The molecular weight excluding hydrogens is 242 g/mol. The van der Waals surface area contributed by atoms with Crippen LogP contribution in [-0.2, 0) is 6.42 Å². The van der Waals surface area contributed by atoms with Crippen LogP contribution in [0.4, 0.5) is 0 Å². The number of hydrogen-bond acceptors (Lipinski definition) is 4. The molecule has 0 bridgehead atoms. The van der Waals surface area contributed by atoms with Crippen LogP contribution in [0.15, 0.2) is 4.42 Å². The van der Waals surface area contributed by atoms with Crippen LogP contribution in [0.2, 0.25) is 0 Å². The van der Waals surface area contributed by atoms with Gasteiger partial charge in [0.1, 0.15) is 5.69 Å². The van der Waals surface area contributed by atoms with E-state index in [4.69, 9.17) is 16.0 Å². The van der Waals surface area contributed by atoms with Crippen LogP contribution in [0.1, 0.15) is 27.5 Å². The standard InChI is InChI=1S/C11H12ClN3O2/c1-6-8(5-16)7(2)13-10(6)11-15-14-9(17-11)3-4-12/h5,13H,3-4H2,1-2H3. The molecular formula is C11H12ClN3O2. The summed E-state index contributed by atoms with van der Waals surface area (Å²) in [5.74, 6) is 1.32. The molecule has 0 saturated carbocycles. The first kappa shape index (κ1) is 11.9. The van der Waals surface area contributed by atoms with Crippen molar-refractivity contribution < 1.29 is 9.21 Å². The highest BCUT2D eigenvalue weighted by atomic mass is 35.5. The summed E-state index contributed by atoms with van der Waals surface area (Å²) < 4.78 is 5.45. The van der Waals surface area contributed by atoms with Crippen LogP contribution in [0.3, 0.4) is 0 Å². The number of hydrogen-bond donors (Lipinski definition) is 1. The zero-order valence-corrected chi connectivity index (χ0v) is 10.3. The first-order valence-electron chi connectivity index (χ1n) is 5.20. The van der Waals surface area contributed by atoms with E-state index in [1.54, 1.807) is 0 Å². The molecule has 17 heavy (non-hydrogen) atoms. The summed E-state index contributed by atoms with van der Waals surface area (Å²) in [5, 5.41) is 7.81. The number of nitrogens with one attached hydrogen (secondary N) is 1. The van der Waals surface area contributed by atoms with Crippen LogP contribution in [0.25, 0.3) is 11.6 Å². The van der Waals surface area contributed by atoms with Crippen molar-refractivity contribution in [1.29, 1.82) is 0 Å². The summed E-state index contributed by atoms with van der Waals surface area (Å²) in [5.41, 5.74) is 2.94. The van der Waals surface area contributed by atoms with Crippen LogP contribution < -0.4 is 0 Å². The second-order valence-electron chi connectivity index (χ2n) is 3.72. The van der Waals surface area contributed by atoms with E-state index in [1.165, 1.54) is 0 Å². The normalized spacial score (nSPS) is 10.8. The maximum absolute atomic E-state index is 10.9. The number of rotatable bonds is 4. The summed E-state index contributed by atoms with van der Waals surface area (Å²) in [6.07, 6.45) is 1.36. The lowest BCUT2D eigenvalue weighted by Gasteiger charge is -1.92. The lowest BCUT2D eigenvalue weighted by atomic mass is 10.1. The fourth-order valence-corrected chi connectivity index (χ4v) is 1.85. The Bertz CT molecular complexity index is 545. The van der Waals surface area contributed by atoms with E-state index in [1.807, 2.05) is 13.8 Å². The average molecular weight is 254 g/mol. The maximum Gasteiger partial charge on any atom is 0.264 e. The largest absolute Gasteiger partial charge is 0.419 e. The van der Waals surface area contributed by atoms with Gasteiger partial charge in [0, 0.05) is 23.6 Å². The van der Waals surface area contributed by atoms with Gasteiger partial charge in [0.15, 0.2) is 6.29 Å². The zero-order chi connectivity index (χ0) is 12.4. The average Bonchev–Trinajstić information content (AvgIpc) is 2.85. The quantitative estimate of drug-likeness (QED) is 0.670. The highest BCUT2D eigenvalue weighted by Crippen LogP contribution is 2.25. The molecule has 0 unspecified atom stereocenters. The molecule has 5 nitrogen and oxygen atoms in total. The van der Waals surface area contributed by atoms with Gasteiger partial charge in [-0.1, -0.05) is 0 Å².